The van der Waals surface area contributed by atoms with Crippen molar-refractivity contribution in [3.05, 3.63) is 11.8 Å². The maximum absolute atomic E-state index is 13.0. The predicted octanol–water partition coefficient (Wildman–Crippen LogP) is 3.82. The third-order valence-electron chi connectivity index (χ3n) is 2.13. The van der Waals surface area contributed by atoms with Gasteiger partial charge in [-0.15, -0.1) is 0 Å². The fourth-order valence-electron chi connectivity index (χ4n) is 1.23. The molecule has 0 spiro atoms. The molecule has 1 aliphatic heterocycles. The Morgan fingerprint density at radius 3 is 1.37 bits per heavy atom. The summed E-state index contributed by atoms with van der Waals surface area (Å²) in [4.78, 5) is -2.35. The fourth-order valence-corrected chi connectivity index (χ4v) is 1.23. The average molecular weight is 307 g/mol. The van der Waals surface area contributed by atoms with Crippen molar-refractivity contribution in [2.45, 2.75) is 31.2 Å². The summed E-state index contributed by atoms with van der Waals surface area (Å²) in [5.41, 5.74) is -2.43. The van der Waals surface area contributed by atoms with Gasteiger partial charge in [-0.25, -0.2) is 9.64 Å². The van der Waals surface area contributed by atoms with Gasteiger partial charge in [-0.1, -0.05) is 0 Å². The van der Waals surface area contributed by atoms with Gasteiger partial charge in [0.05, 0.1) is 5.70 Å². The van der Waals surface area contributed by atoms with Crippen LogP contribution in [0.5, 0.6) is 0 Å². The Balaban J connectivity index is 3.55. The Hall–Kier alpha value is -1.20. The van der Waals surface area contributed by atoms with Gasteiger partial charge in [0.2, 0.25) is 0 Å². The monoisotopic (exact) mass is 307 g/mol. The molecule has 0 aromatic rings. The molecule has 1 fully saturated rings. The molecule has 0 amide bonds. The Morgan fingerprint density at radius 1 is 0.789 bits per heavy atom. The zero-order chi connectivity index (χ0) is 15.4. The Bertz CT molecular complexity index is 386. The topological polar surface area (TPSA) is 12.5 Å². The van der Waals surface area contributed by atoms with Crippen LogP contribution < -0.4 is 0 Å². The lowest BCUT2D eigenvalue weighted by Gasteiger charge is -2.48. The Kier molecular flexibility index (Phi) is 3.25. The van der Waals surface area contributed by atoms with E-state index >= 15 is 0 Å². The van der Waals surface area contributed by atoms with Crippen LogP contribution in [0.15, 0.2) is 11.8 Å². The second-order valence-corrected chi connectivity index (χ2v) is 3.40. The van der Waals surface area contributed by atoms with Crippen LogP contribution in [0.2, 0.25) is 0 Å². The molecule has 1 aliphatic rings. The van der Waals surface area contributed by atoms with Crippen LogP contribution >= 0.6 is 0 Å². The van der Waals surface area contributed by atoms with Gasteiger partial charge in [0.15, 0.2) is 0 Å². The highest BCUT2D eigenvalue weighted by Crippen LogP contribution is 2.57. The van der Waals surface area contributed by atoms with Crippen LogP contribution in [0.1, 0.15) is 6.92 Å². The van der Waals surface area contributed by atoms with Gasteiger partial charge in [-0.3, -0.25) is 0 Å². The van der Waals surface area contributed by atoms with Crippen molar-refractivity contribution in [1.29, 1.82) is 0 Å². The van der Waals surface area contributed by atoms with Crippen molar-refractivity contribution < 1.29 is 48.6 Å². The molecule has 0 atom stereocenters. The van der Waals surface area contributed by atoms with Gasteiger partial charge >= 0.3 is 24.3 Å². The van der Waals surface area contributed by atoms with Gasteiger partial charge in [0.1, 0.15) is 0 Å². The summed E-state index contributed by atoms with van der Waals surface area (Å²) in [6, 6.07) is -12.2. The van der Waals surface area contributed by atoms with Crippen LogP contribution in [-0.2, 0) is 4.74 Å². The Morgan fingerprint density at radius 2 is 1.11 bits per heavy atom. The molecule has 112 valence electrons. The third-order valence-corrected chi connectivity index (χ3v) is 2.13. The van der Waals surface area contributed by atoms with E-state index in [9.17, 15) is 43.9 Å². The number of rotatable bonds is 1. The van der Waals surface area contributed by atoms with Gasteiger partial charge < -0.3 is 0 Å². The van der Waals surface area contributed by atoms with Crippen LogP contribution in [0.25, 0.3) is 0 Å². The summed E-state index contributed by atoms with van der Waals surface area (Å²) < 4.78 is 128. The molecular weight excluding hydrogens is 304 g/mol. The first-order chi connectivity index (χ1) is 8.18. The van der Waals surface area contributed by atoms with E-state index in [0.29, 0.717) is 0 Å². The third kappa shape index (κ3) is 2.01. The minimum atomic E-state index is -6.11. The van der Waals surface area contributed by atoms with E-state index in [2.05, 4.69) is 4.74 Å². The van der Waals surface area contributed by atoms with E-state index in [1.165, 1.54) is 0 Å². The molecule has 0 aromatic carbocycles. The van der Waals surface area contributed by atoms with Gasteiger partial charge in [-0.2, -0.15) is 43.9 Å². The summed E-state index contributed by atoms with van der Waals surface area (Å²) in [6.45, 7) is -0.144. The quantitative estimate of drug-likeness (QED) is 0.539. The highest BCUT2D eigenvalue weighted by Gasteiger charge is 2.83. The van der Waals surface area contributed by atoms with E-state index in [-0.39, 0.29) is 6.92 Å². The SMILES string of the molecule is CC(=C(F)F)N1C(F)(F)C(F)(F)OC(F)(F)C1(F)F. The number of hydrogen-bond donors (Lipinski definition) is 0. The predicted molar refractivity (Wildman–Crippen MR) is 37.6 cm³/mol. The molecule has 0 unspecified atom stereocenters. The molecule has 0 saturated carbocycles. The summed E-state index contributed by atoms with van der Waals surface area (Å²) in [6.07, 6.45) is -15.5. The van der Waals surface area contributed by atoms with E-state index in [0.717, 1.165) is 0 Å². The lowest BCUT2D eigenvalue weighted by Crippen LogP contribution is -2.73. The lowest BCUT2D eigenvalue weighted by atomic mass is 10.2. The molecule has 19 heavy (non-hydrogen) atoms. The number of alkyl halides is 8. The number of halogens is 10. The second kappa shape index (κ2) is 3.90. The number of hydrogen-bond acceptors (Lipinski definition) is 2. The molecule has 12 heteroatoms. The summed E-state index contributed by atoms with van der Waals surface area (Å²) in [7, 11) is 0. The van der Waals surface area contributed by atoms with Crippen molar-refractivity contribution in [3.8, 4) is 0 Å². The van der Waals surface area contributed by atoms with Crippen molar-refractivity contribution in [3.63, 3.8) is 0 Å². The molecule has 1 heterocycles. The van der Waals surface area contributed by atoms with Crippen molar-refractivity contribution in [2.75, 3.05) is 0 Å². The largest absolute Gasteiger partial charge is 0.445 e. The zero-order valence-corrected chi connectivity index (χ0v) is 8.64. The number of ether oxygens (including phenoxy) is 1. The number of nitrogens with zero attached hydrogens (tertiary/aromatic N) is 1. The molecule has 1 saturated heterocycles. The maximum Gasteiger partial charge on any atom is 0.445 e. The van der Waals surface area contributed by atoms with Gasteiger partial charge in [0, 0.05) is 0 Å². The Labute approximate surface area is 97.8 Å². The second-order valence-electron chi connectivity index (χ2n) is 3.40. The first kappa shape index (κ1) is 15.9. The van der Waals surface area contributed by atoms with Crippen molar-refractivity contribution in [1.82, 2.24) is 4.90 Å². The first-order valence-corrected chi connectivity index (χ1v) is 4.22. The smallest absolute Gasteiger partial charge is 0.242 e. The minimum Gasteiger partial charge on any atom is -0.242 e. The standard InChI is InChI=1S/C7H3F10NO/c1-2(3(8)9)18-4(10,11)6(14,15)19-7(16,17)5(18,12)13/h1H3. The van der Waals surface area contributed by atoms with Crippen LogP contribution in [0.3, 0.4) is 0 Å². The van der Waals surface area contributed by atoms with Crippen molar-refractivity contribution in [2.24, 2.45) is 0 Å². The molecule has 0 bridgehead atoms. The minimum absolute atomic E-state index is 0.144. The molecule has 0 radical (unpaired) electrons. The molecule has 1 rings (SSSR count). The lowest BCUT2D eigenvalue weighted by molar-refractivity contribution is -0.557. The van der Waals surface area contributed by atoms with Crippen LogP contribution in [0, 0.1) is 0 Å². The van der Waals surface area contributed by atoms with E-state index < -0.39 is 41.0 Å². The highest BCUT2D eigenvalue weighted by molar-refractivity contribution is 5.09. The maximum atomic E-state index is 13.0. The first-order valence-electron chi connectivity index (χ1n) is 4.22. The average Bonchev–Trinajstić information content (AvgIpc) is 2.12. The molecule has 0 aromatic heterocycles. The normalized spacial score (nSPS) is 27.0. The van der Waals surface area contributed by atoms with E-state index in [1.807, 2.05) is 0 Å². The van der Waals surface area contributed by atoms with E-state index in [1.54, 1.807) is 0 Å². The highest BCUT2D eigenvalue weighted by atomic mass is 19.4. The molecule has 0 aliphatic carbocycles. The number of morpholine rings is 1. The molecular formula is C7H3F10NO. The van der Waals surface area contributed by atoms with Crippen LogP contribution in [0.4, 0.5) is 43.9 Å². The number of allylic oxidation sites excluding steroid dienone is 1. The summed E-state index contributed by atoms with van der Waals surface area (Å²) >= 11 is 0. The van der Waals surface area contributed by atoms with Crippen LogP contribution in [-0.4, -0.2) is 29.2 Å². The van der Waals surface area contributed by atoms with Crippen molar-refractivity contribution >= 4 is 0 Å². The summed E-state index contributed by atoms with van der Waals surface area (Å²) in [5.74, 6) is 0. The van der Waals surface area contributed by atoms with Gasteiger partial charge in [0.25, 0.3) is 6.08 Å². The van der Waals surface area contributed by atoms with Gasteiger partial charge in [-0.05, 0) is 6.92 Å². The zero-order valence-electron chi connectivity index (χ0n) is 8.64. The summed E-state index contributed by atoms with van der Waals surface area (Å²) in [5, 5.41) is 0. The fraction of sp³-hybridized carbons (Fsp3) is 0.714. The van der Waals surface area contributed by atoms with E-state index in [4.69, 9.17) is 0 Å². The molecule has 2 nitrogen and oxygen atoms in total. The molecule has 0 N–H and O–H groups in total.